The topological polar surface area (TPSA) is 35.2 Å². The lowest BCUT2D eigenvalue weighted by molar-refractivity contribution is 0.306. The molecule has 0 saturated heterocycles. The van der Waals surface area contributed by atoms with Crippen molar-refractivity contribution < 1.29 is 4.74 Å². The zero-order valence-electron chi connectivity index (χ0n) is 10.3. The Hall–Kier alpha value is -1.51. The van der Waals surface area contributed by atoms with Crippen LogP contribution >= 0.6 is 11.6 Å². The molecule has 18 heavy (non-hydrogen) atoms. The van der Waals surface area contributed by atoms with Gasteiger partial charge in [-0.1, -0.05) is 35.9 Å². The van der Waals surface area contributed by atoms with Crippen LogP contribution in [0.15, 0.2) is 48.5 Å². The minimum Gasteiger partial charge on any atom is -0.489 e. The maximum Gasteiger partial charge on any atom is 0.120 e. The van der Waals surface area contributed by atoms with Crippen LogP contribution in [0.3, 0.4) is 0 Å². The number of ether oxygens (including phenoxy) is 1. The molecule has 0 aliphatic rings. The predicted octanol–water partition coefficient (Wildman–Crippen LogP) is 3.94. The van der Waals surface area contributed by atoms with E-state index in [0.717, 1.165) is 21.9 Å². The molecule has 0 saturated carbocycles. The van der Waals surface area contributed by atoms with Gasteiger partial charge in [0.2, 0.25) is 0 Å². The quantitative estimate of drug-likeness (QED) is 0.905. The number of hydrogen-bond acceptors (Lipinski definition) is 2. The van der Waals surface area contributed by atoms with Gasteiger partial charge in [-0.25, -0.2) is 0 Å². The zero-order chi connectivity index (χ0) is 13.0. The second kappa shape index (κ2) is 5.89. The van der Waals surface area contributed by atoms with Crippen molar-refractivity contribution in [3.63, 3.8) is 0 Å². The van der Waals surface area contributed by atoms with Crippen molar-refractivity contribution in [3.05, 3.63) is 64.7 Å². The Morgan fingerprint density at radius 1 is 1.17 bits per heavy atom. The van der Waals surface area contributed by atoms with Crippen LogP contribution in [0.1, 0.15) is 24.1 Å². The molecule has 2 nitrogen and oxygen atoms in total. The maximum atomic E-state index is 5.84. The second-order valence-electron chi connectivity index (χ2n) is 4.28. The summed E-state index contributed by atoms with van der Waals surface area (Å²) in [5.74, 6) is 0.833. The lowest BCUT2D eigenvalue weighted by Gasteiger charge is -2.10. The highest BCUT2D eigenvalue weighted by molar-refractivity contribution is 6.30. The Morgan fingerprint density at radius 3 is 2.56 bits per heavy atom. The SMILES string of the molecule is CC(N)c1cccc(OCc2ccc(Cl)cc2)c1. The van der Waals surface area contributed by atoms with E-state index in [9.17, 15) is 0 Å². The summed E-state index contributed by atoms with van der Waals surface area (Å²) in [6.45, 7) is 2.48. The van der Waals surface area contributed by atoms with Crippen LogP contribution in [0, 0.1) is 0 Å². The van der Waals surface area contributed by atoms with Crippen molar-refractivity contribution >= 4 is 11.6 Å². The van der Waals surface area contributed by atoms with Crippen LogP contribution in [0.25, 0.3) is 0 Å². The van der Waals surface area contributed by atoms with Gasteiger partial charge in [-0.15, -0.1) is 0 Å². The highest BCUT2D eigenvalue weighted by Gasteiger charge is 2.01. The molecule has 0 amide bonds. The fourth-order valence-electron chi connectivity index (χ4n) is 1.63. The maximum absolute atomic E-state index is 5.84. The summed E-state index contributed by atoms with van der Waals surface area (Å²) in [4.78, 5) is 0. The van der Waals surface area contributed by atoms with Gasteiger partial charge >= 0.3 is 0 Å². The van der Waals surface area contributed by atoms with Crippen molar-refractivity contribution in [2.24, 2.45) is 5.73 Å². The third-order valence-corrected chi connectivity index (χ3v) is 2.95. The highest BCUT2D eigenvalue weighted by Crippen LogP contribution is 2.19. The third kappa shape index (κ3) is 3.49. The van der Waals surface area contributed by atoms with Crippen molar-refractivity contribution in [1.82, 2.24) is 0 Å². The lowest BCUT2D eigenvalue weighted by Crippen LogP contribution is -2.05. The van der Waals surface area contributed by atoms with E-state index in [4.69, 9.17) is 22.1 Å². The van der Waals surface area contributed by atoms with Crippen molar-refractivity contribution in [1.29, 1.82) is 0 Å². The minimum atomic E-state index is 0.0177. The normalized spacial score (nSPS) is 12.2. The molecule has 1 atom stereocenters. The molecule has 2 aromatic rings. The Bertz CT molecular complexity index is 508. The molecule has 0 radical (unpaired) electrons. The first-order valence-electron chi connectivity index (χ1n) is 5.88. The Labute approximate surface area is 112 Å². The van der Waals surface area contributed by atoms with E-state index in [1.165, 1.54) is 0 Å². The van der Waals surface area contributed by atoms with Gasteiger partial charge < -0.3 is 10.5 Å². The van der Waals surface area contributed by atoms with E-state index in [1.807, 2.05) is 55.5 Å². The number of halogens is 1. The Balaban J connectivity index is 2.01. The molecule has 0 fully saturated rings. The van der Waals surface area contributed by atoms with Gasteiger partial charge in [0.1, 0.15) is 12.4 Å². The summed E-state index contributed by atoms with van der Waals surface area (Å²) in [6, 6.07) is 15.5. The number of nitrogens with two attached hydrogens (primary N) is 1. The van der Waals surface area contributed by atoms with Crippen molar-refractivity contribution in [2.45, 2.75) is 19.6 Å². The van der Waals surface area contributed by atoms with E-state index in [2.05, 4.69) is 0 Å². The van der Waals surface area contributed by atoms with Crippen LogP contribution in [0.5, 0.6) is 5.75 Å². The first kappa shape index (κ1) is 12.9. The van der Waals surface area contributed by atoms with E-state index < -0.39 is 0 Å². The van der Waals surface area contributed by atoms with Gasteiger partial charge in [0, 0.05) is 11.1 Å². The van der Waals surface area contributed by atoms with Crippen molar-refractivity contribution in [3.8, 4) is 5.75 Å². The van der Waals surface area contributed by atoms with Gasteiger partial charge in [0.25, 0.3) is 0 Å². The van der Waals surface area contributed by atoms with Crippen LogP contribution in [0.2, 0.25) is 5.02 Å². The summed E-state index contributed by atoms with van der Waals surface area (Å²) in [5.41, 5.74) is 8.00. The lowest BCUT2D eigenvalue weighted by atomic mass is 10.1. The third-order valence-electron chi connectivity index (χ3n) is 2.70. The largest absolute Gasteiger partial charge is 0.489 e. The standard InChI is InChI=1S/C15H16ClNO/c1-11(17)13-3-2-4-15(9-13)18-10-12-5-7-14(16)8-6-12/h2-9,11H,10,17H2,1H3. The molecule has 0 spiro atoms. The minimum absolute atomic E-state index is 0.0177. The summed E-state index contributed by atoms with van der Waals surface area (Å²) in [5, 5.41) is 0.734. The molecule has 3 heteroatoms. The number of benzene rings is 2. The van der Waals surface area contributed by atoms with E-state index in [1.54, 1.807) is 0 Å². The molecule has 0 aliphatic heterocycles. The average molecular weight is 262 g/mol. The molecule has 0 bridgehead atoms. The molecule has 2 N–H and O–H groups in total. The van der Waals surface area contributed by atoms with Gasteiger partial charge in [-0.05, 0) is 42.3 Å². The summed E-state index contributed by atoms with van der Waals surface area (Å²) < 4.78 is 5.72. The molecule has 2 rings (SSSR count). The summed E-state index contributed by atoms with van der Waals surface area (Å²) in [7, 11) is 0. The average Bonchev–Trinajstić information content (AvgIpc) is 2.38. The summed E-state index contributed by atoms with van der Waals surface area (Å²) in [6.07, 6.45) is 0. The number of hydrogen-bond donors (Lipinski definition) is 1. The van der Waals surface area contributed by atoms with Gasteiger partial charge in [0.15, 0.2) is 0 Å². The van der Waals surface area contributed by atoms with Gasteiger partial charge in [-0.2, -0.15) is 0 Å². The zero-order valence-corrected chi connectivity index (χ0v) is 11.0. The highest BCUT2D eigenvalue weighted by atomic mass is 35.5. The second-order valence-corrected chi connectivity index (χ2v) is 4.71. The monoisotopic (exact) mass is 261 g/mol. The molecule has 0 heterocycles. The van der Waals surface area contributed by atoms with Crippen LogP contribution < -0.4 is 10.5 Å². The van der Waals surface area contributed by atoms with Gasteiger partial charge in [0.05, 0.1) is 0 Å². The number of rotatable bonds is 4. The molecule has 94 valence electrons. The molecule has 0 aliphatic carbocycles. The molecule has 1 unspecified atom stereocenters. The van der Waals surface area contributed by atoms with E-state index >= 15 is 0 Å². The van der Waals surface area contributed by atoms with Gasteiger partial charge in [-0.3, -0.25) is 0 Å². The Kier molecular flexibility index (Phi) is 4.24. The Morgan fingerprint density at radius 2 is 1.89 bits per heavy atom. The van der Waals surface area contributed by atoms with Crippen LogP contribution in [-0.4, -0.2) is 0 Å². The van der Waals surface area contributed by atoms with E-state index in [-0.39, 0.29) is 6.04 Å². The van der Waals surface area contributed by atoms with Crippen LogP contribution in [0.4, 0.5) is 0 Å². The smallest absolute Gasteiger partial charge is 0.120 e. The fraction of sp³-hybridized carbons (Fsp3) is 0.200. The first-order chi connectivity index (χ1) is 8.65. The predicted molar refractivity (Wildman–Crippen MR) is 74.8 cm³/mol. The van der Waals surface area contributed by atoms with Crippen LogP contribution in [-0.2, 0) is 6.61 Å². The first-order valence-corrected chi connectivity index (χ1v) is 6.26. The summed E-state index contributed by atoms with van der Waals surface area (Å²) >= 11 is 5.83. The molecular formula is C15H16ClNO. The molecule has 2 aromatic carbocycles. The van der Waals surface area contributed by atoms with Crippen molar-refractivity contribution in [2.75, 3.05) is 0 Å². The fourth-order valence-corrected chi connectivity index (χ4v) is 1.76. The van der Waals surface area contributed by atoms with E-state index in [0.29, 0.717) is 6.61 Å². The molecule has 0 aromatic heterocycles. The molecular weight excluding hydrogens is 246 g/mol.